The second kappa shape index (κ2) is 6.76. The summed E-state index contributed by atoms with van der Waals surface area (Å²) in [6, 6.07) is -0.734. The minimum atomic E-state index is -3.39. The molecule has 2 aliphatic rings. The fourth-order valence-corrected chi connectivity index (χ4v) is 5.42. The molecular formula is C15H26N2O5S. The number of hydrogen-bond acceptors (Lipinski definition) is 4. The third kappa shape index (κ3) is 3.85. The van der Waals surface area contributed by atoms with Crippen LogP contribution in [0.5, 0.6) is 0 Å². The van der Waals surface area contributed by atoms with Gasteiger partial charge in [-0.15, -0.1) is 0 Å². The van der Waals surface area contributed by atoms with E-state index < -0.39 is 28.0 Å². The molecule has 0 aromatic carbocycles. The van der Waals surface area contributed by atoms with Gasteiger partial charge in [0, 0.05) is 19.6 Å². The summed E-state index contributed by atoms with van der Waals surface area (Å²) in [5.41, 5.74) is 0. The van der Waals surface area contributed by atoms with Gasteiger partial charge in [-0.25, -0.2) is 8.42 Å². The fraction of sp³-hybridized carbons (Fsp3) is 0.867. The van der Waals surface area contributed by atoms with Crippen molar-refractivity contribution in [2.75, 3.05) is 25.4 Å². The zero-order valence-corrected chi connectivity index (χ0v) is 14.8. The minimum absolute atomic E-state index is 0.0810. The SMILES string of the molecule is CC1CC(C(=O)O)CN(C(=O)C(C(C)C)N2CCCS2(=O)=O)C1. The Morgan fingerprint density at radius 3 is 2.35 bits per heavy atom. The Morgan fingerprint density at radius 1 is 1.22 bits per heavy atom. The second-order valence-electron chi connectivity index (χ2n) is 7.09. The highest BCUT2D eigenvalue weighted by molar-refractivity contribution is 7.89. The van der Waals surface area contributed by atoms with Crippen molar-refractivity contribution in [3.05, 3.63) is 0 Å². The number of carbonyl (C=O) groups excluding carboxylic acids is 1. The molecule has 0 aromatic rings. The molecule has 1 N–H and O–H groups in total. The molecular weight excluding hydrogens is 320 g/mol. The van der Waals surface area contributed by atoms with Crippen LogP contribution in [-0.2, 0) is 19.6 Å². The lowest BCUT2D eigenvalue weighted by Gasteiger charge is -2.39. The maximum absolute atomic E-state index is 13.0. The number of piperidine rings is 1. The van der Waals surface area contributed by atoms with Crippen molar-refractivity contribution in [1.82, 2.24) is 9.21 Å². The third-order valence-corrected chi connectivity index (χ3v) is 6.58. The molecule has 3 atom stereocenters. The first-order valence-corrected chi connectivity index (χ1v) is 9.75. The van der Waals surface area contributed by atoms with Crippen LogP contribution in [0.25, 0.3) is 0 Å². The predicted octanol–water partition coefficient (Wildman–Crippen LogP) is 0.616. The normalized spacial score (nSPS) is 29.7. The number of aliphatic carboxylic acids is 1. The van der Waals surface area contributed by atoms with E-state index in [4.69, 9.17) is 0 Å². The lowest BCUT2D eigenvalue weighted by atomic mass is 9.89. The van der Waals surface area contributed by atoms with Gasteiger partial charge < -0.3 is 10.0 Å². The first kappa shape index (κ1) is 18.2. The van der Waals surface area contributed by atoms with Gasteiger partial charge >= 0.3 is 5.97 Å². The second-order valence-corrected chi connectivity index (χ2v) is 9.13. The Hall–Kier alpha value is -1.15. The highest BCUT2D eigenvalue weighted by Crippen LogP contribution is 2.27. The van der Waals surface area contributed by atoms with Crippen LogP contribution in [0.3, 0.4) is 0 Å². The van der Waals surface area contributed by atoms with Gasteiger partial charge in [-0.1, -0.05) is 20.8 Å². The van der Waals surface area contributed by atoms with E-state index in [0.717, 1.165) is 0 Å². The number of likely N-dealkylation sites (tertiary alicyclic amines) is 1. The van der Waals surface area contributed by atoms with E-state index in [9.17, 15) is 23.1 Å². The summed E-state index contributed by atoms with van der Waals surface area (Å²) in [4.78, 5) is 25.8. The lowest BCUT2D eigenvalue weighted by molar-refractivity contribution is -0.148. The number of sulfonamides is 1. The van der Waals surface area contributed by atoms with Gasteiger partial charge in [-0.3, -0.25) is 9.59 Å². The number of hydrogen-bond donors (Lipinski definition) is 1. The average Bonchev–Trinajstić information content (AvgIpc) is 2.77. The van der Waals surface area contributed by atoms with E-state index in [2.05, 4.69) is 0 Å². The molecule has 2 saturated heterocycles. The van der Waals surface area contributed by atoms with Crippen LogP contribution in [0.2, 0.25) is 0 Å². The standard InChI is InChI=1S/C15H26N2O5S/c1-10(2)13(17-5-4-6-23(17,21)22)14(18)16-8-11(3)7-12(9-16)15(19)20/h10-13H,4-9H2,1-3H3,(H,19,20). The van der Waals surface area contributed by atoms with Crippen molar-refractivity contribution in [3.8, 4) is 0 Å². The molecule has 2 rings (SSSR count). The van der Waals surface area contributed by atoms with Crippen molar-refractivity contribution < 1.29 is 23.1 Å². The first-order chi connectivity index (χ1) is 10.6. The molecule has 0 spiro atoms. The summed E-state index contributed by atoms with van der Waals surface area (Å²) < 4.78 is 25.7. The van der Waals surface area contributed by atoms with Crippen molar-refractivity contribution >= 4 is 21.9 Å². The van der Waals surface area contributed by atoms with E-state index in [0.29, 0.717) is 25.9 Å². The molecule has 2 aliphatic heterocycles. The molecule has 3 unspecified atom stereocenters. The van der Waals surface area contributed by atoms with Gasteiger partial charge in [0.25, 0.3) is 0 Å². The van der Waals surface area contributed by atoms with Crippen molar-refractivity contribution in [2.45, 2.75) is 39.7 Å². The van der Waals surface area contributed by atoms with Crippen molar-refractivity contribution in [2.24, 2.45) is 17.8 Å². The maximum atomic E-state index is 13.0. The van der Waals surface area contributed by atoms with Gasteiger partial charge in [0.15, 0.2) is 0 Å². The molecule has 2 heterocycles. The summed E-state index contributed by atoms with van der Waals surface area (Å²) in [6.07, 6.45) is 1.08. The first-order valence-electron chi connectivity index (χ1n) is 8.14. The predicted molar refractivity (Wildman–Crippen MR) is 85.2 cm³/mol. The van der Waals surface area contributed by atoms with Gasteiger partial charge in [-0.2, -0.15) is 4.31 Å². The summed E-state index contributed by atoms with van der Waals surface area (Å²) in [5.74, 6) is -1.72. The molecule has 132 valence electrons. The Balaban J connectivity index is 2.22. The number of carbonyl (C=O) groups is 2. The van der Waals surface area contributed by atoms with Crippen LogP contribution in [0.15, 0.2) is 0 Å². The highest BCUT2D eigenvalue weighted by Gasteiger charge is 2.43. The van der Waals surface area contributed by atoms with E-state index >= 15 is 0 Å². The summed E-state index contributed by atoms with van der Waals surface area (Å²) in [5, 5.41) is 9.25. The smallest absolute Gasteiger partial charge is 0.308 e. The fourth-order valence-electron chi connectivity index (χ4n) is 3.61. The van der Waals surface area contributed by atoms with Gasteiger partial charge in [0.1, 0.15) is 6.04 Å². The van der Waals surface area contributed by atoms with Crippen LogP contribution in [0.1, 0.15) is 33.6 Å². The summed E-state index contributed by atoms with van der Waals surface area (Å²) >= 11 is 0. The van der Waals surface area contributed by atoms with E-state index in [-0.39, 0.29) is 30.0 Å². The minimum Gasteiger partial charge on any atom is -0.481 e. The van der Waals surface area contributed by atoms with Crippen LogP contribution < -0.4 is 0 Å². The van der Waals surface area contributed by atoms with Gasteiger partial charge in [-0.05, 0) is 24.7 Å². The van der Waals surface area contributed by atoms with Crippen LogP contribution in [0.4, 0.5) is 0 Å². The summed E-state index contributed by atoms with van der Waals surface area (Å²) in [6.45, 7) is 6.60. The van der Waals surface area contributed by atoms with Crippen LogP contribution >= 0.6 is 0 Å². The molecule has 0 aliphatic carbocycles. The number of carboxylic acids is 1. The average molecular weight is 346 g/mol. The maximum Gasteiger partial charge on any atom is 0.308 e. The van der Waals surface area contributed by atoms with Crippen molar-refractivity contribution in [3.63, 3.8) is 0 Å². The monoisotopic (exact) mass is 346 g/mol. The van der Waals surface area contributed by atoms with E-state index in [1.807, 2.05) is 20.8 Å². The van der Waals surface area contributed by atoms with Gasteiger partial charge in [0.2, 0.25) is 15.9 Å². The Labute approximate surface area is 137 Å². The van der Waals surface area contributed by atoms with E-state index in [1.165, 1.54) is 4.31 Å². The molecule has 2 fully saturated rings. The molecule has 0 bridgehead atoms. The molecule has 8 heteroatoms. The number of carboxylic acid groups (broad SMARTS) is 1. The molecule has 23 heavy (non-hydrogen) atoms. The Bertz CT molecular complexity index is 574. The Morgan fingerprint density at radius 2 is 1.87 bits per heavy atom. The van der Waals surface area contributed by atoms with Crippen LogP contribution in [-0.4, -0.2) is 66.0 Å². The number of amides is 1. The molecule has 7 nitrogen and oxygen atoms in total. The van der Waals surface area contributed by atoms with E-state index in [1.54, 1.807) is 4.90 Å². The molecule has 0 radical (unpaired) electrons. The Kier molecular flexibility index (Phi) is 5.35. The zero-order valence-electron chi connectivity index (χ0n) is 13.9. The highest BCUT2D eigenvalue weighted by atomic mass is 32.2. The number of nitrogens with zero attached hydrogens (tertiary/aromatic N) is 2. The van der Waals surface area contributed by atoms with Crippen LogP contribution in [0, 0.1) is 17.8 Å². The molecule has 1 amide bonds. The lowest BCUT2D eigenvalue weighted by Crippen LogP contribution is -2.55. The summed E-state index contributed by atoms with van der Waals surface area (Å²) in [7, 11) is -3.39. The van der Waals surface area contributed by atoms with Crippen molar-refractivity contribution in [1.29, 1.82) is 0 Å². The quantitative estimate of drug-likeness (QED) is 0.805. The largest absolute Gasteiger partial charge is 0.481 e. The van der Waals surface area contributed by atoms with Gasteiger partial charge in [0.05, 0.1) is 11.7 Å². The number of rotatable bonds is 4. The third-order valence-electron chi connectivity index (χ3n) is 4.65. The zero-order chi connectivity index (χ0) is 17.4. The molecule has 0 aromatic heterocycles. The topological polar surface area (TPSA) is 95.0 Å². The molecule has 0 saturated carbocycles.